The van der Waals surface area contributed by atoms with Gasteiger partial charge < -0.3 is 9.47 Å². The molecule has 0 fully saturated rings. The second kappa shape index (κ2) is 6.12. The number of nitrogens with zero attached hydrogens (tertiary/aromatic N) is 2. The number of hydrogen-bond acceptors (Lipinski definition) is 6. The third-order valence-electron chi connectivity index (χ3n) is 2.67. The van der Waals surface area contributed by atoms with E-state index < -0.39 is 10.9 Å². The van der Waals surface area contributed by atoms with Crippen molar-refractivity contribution in [2.75, 3.05) is 7.11 Å². The molecule has 0 saturated heterocycles. The van der Waals surface area contributed by atoms with Crippen molar-refractivity contribution in [1.82, 2.24) is 4.98 Å². The molecule has 0 spiro atoms. The van der Waals surface area contributed by atoms with E-state index in [1.54, 1.807) is 6.92 Å². The molecule has 0 aliphatic rings. The highest BCUT2D eigenvalue weighted by Crippen LogP contribution is 2.26. The molecule has 0 aromatic carbocycles. The van der Waals surface area contributed by atoms with Gasteiger partial charge in [-0.2, -0.15) is 0 Å². The van der Waals surface area contributed by atoms with Crippen LogP contribution in [0.5, 0.6) is 5.88 Å². The van der Waals surface area contributed by atoms with E-state index in [-0.39, 0.29) is 29.3 Å². The molecular weight excluding hydrogens is 252 g/mol. The number of rotatable bonds is 5. The quantitative estimate of drug-likeness (QED) is 0.462. The lowest BCUT2D eigenvalue weighted by molar-refractivity contribution is -0.386. The minimum atomic E-state index is -0.669. The molecule has 1 atom stereocenters. The van der Waals surface area contributed by atoms with Crippen LogP contribution in [0.15, 0.2) is 12.1 Å². The third kappa shape index (κ3) is 3.64. The molecule has 0 N–H and O–H groups in total. The lowest BCUT2D eigenvalue weighted by Gasteiger charge is -2.17. The van der Waals surface area contributed by atoms with E-state index in [1.807, 2.05) is 13.8 Å². The summed E-state index contributed by atoms with van der Waals surface area (Å²) in [5.74, 6) is -0.686. The third-order valence-corrected chi connectivity index (χ3v) is 2.67. The summed E-state index contributed by atoms with van der Waals surface area (Å²) in [6.45, 7) is 5.61. The van der Waals surface area contributed by atoms with E-state index >= 15 is 0 Å². The number of carbonyl (C=O) groups excluding carboxylic acids is 1. The lowest BCUT2D eigenvalue weighted by atomic mass is 10.1. The molecule has 19 heavy (non-hydrogen) atoms. The van der Waals surface area contributed by atoms with Gasteiger partial charge in [-0.15, -0.1) is 0 Å². The van der Waals surface area contributed by atoms with Gasteiger partial charge in [-0.25, -0.2) is 9.78 Å². The van der Waals surface area contributed by atoms with E-state index in [9.17, 15) is 14.9 Å². The van der Waals surface area contributed by atoms with E-state index in [0.29, 0.717) is 0 Å². The fraction of sp³-hybridized carbons (Fsp3) is 0.500. The first-order chi connectivity index (χ1) is 8.86. The van der Waals surface area contributed by atoms with Crippen molar-refractivity contribution < 1.29 is 19.2 Å². The van der Waals surface area contributed by atoms with Gasteiger partial charge >= 0.3 is 11.7 Å². The van der Waals surface area contributed by atoms with Crippen LogP contribution in [-0.4, -0.2) is 29.1 Å². The van der Waals surface area contributed by atoms with Crippen LogP contribution in [0.2, 0.25) is 0 Å². The van der Waals surface area contributed by atoms with Gasteiger partial charge in [-0.05, 0) is 18.9 Å². The van der Waals surface area contributed by atoms with E-state index in [0.717, 1.165) is 0 Å². The van der Waals surface area contributed by atoms with Gasteiger partial charge in [-0.1, -0.05) is 13.8 Å². The SMILES string of the molecule is COC(=O)c1ccc([N+](=O)[O-])c(OC(C)C(C)C)n1. The van der Waals surface area contributed by atoms with Crippen molar-refractivity contribution in [3.8, 4) is 5.88 Å². The van der Waals surface area contributed by atoms with Gasteiger partial charge in [0.15, 0.2) is 5.69 Å². The number of carbonyl (C=O) groups is 1. The number of pyridine rings is 1. The summed E-state index contributed by atoms with van der Waals surface area (Å²) in [6.07, 6.45) is -0.265. The van der Waals surface area contributed by atoms with Crippen LogP contribution in [0.4, 0.5) is 5.69 Å². The largest absolute Gasteiger partial charge is 0.470 e. The van der Waals surface area contributed by atoms with Gasteiger partial charge in [0.25, 0.3) is 5.88 Å². The minimum Gasteiger partial charge on any atom is -0.470 e. The van der Waals surface area contributed by atoms with Gasteiger partial charge in [0.2, 0.25) is 0 Å². The molecule has 1 aromatic rings. The summed E-state index contributed by atoms with van der Waals surface area (Å²) in [6, 6.07) is 2.42. The maximum Gasteiger partial charge on any atom is 0.356 e. The van der Waals surface area contributed by atoms with E-state index in [1.165, 1.54) is 19.2 Å². The minimum absolute atomic E-state index is 0.0287. The fourth-order valence-electron chi connectivity index (χ4n) is 1.19. The molecule has 0 aliphatic heterocycles. The zero-order valence-corrected chi connectivity index (χ0v) is 11.2. The highest BCUT2D eigenvalue weighted by Gasteiger charge is 2.23. The Morgan fingerprint density at radius 1 is 1.37 bits per heavy atom. The Kier molecular flexibility index (Phi) is 4.80. The Morgan fingerprint density at radius 2 is 2.00 bits per heavy atom. The molecule has 0 amide bonds. The molecular formula is C12H16N2O5. The van der Waals surface area contributed by atoms with Crippen LogP contribution in [0.25, 0.3) is 0 Å². The first-order valence-corrected chi connectivity index (χ1v) is 5.77. The number of nitro groups is 1. The van der Waals surface area contributed by atoms with Gasteiger partial charge in [0.05, 0.1) is 12.0 Å². The highest BCUT2D eigenvalue weighted by atomic mass is 16.6. The zero-order valence-electron chi connectivity index (χ0n) is 11.2. The summed E-state index contributed by atoms with van der Waals surface area (Å²) in [5.41, 5.74) is -0.306. The van der Waals surface area contributed by atoms with Crippen molar-refractivity contribution in [1.29, 1.82) is 0 Å². The Morgan fingerprint density at radius 3 is 2.47 bits per heavy atom. The van der Waals surface area contributed by atoms with Crippen LogP contribution in [0, 0.1) is 16.0 Å². The van der Waals surface area contributed by atoms with Crippen LogP contribution in [0.1, 0.15) is 31.3 Å². The summed E-state index contributed by atoms with van der Waals surface area (Å²) in [5, 5.41) is 10.9. The molecule has 0 saturated carbocycles. The van der Waals surface area contributed by atoms with Gasteiger partial charge in [0.1, 0.15) is 6.10 Å². The van der Waals surface area contributed by atoms with Crippen molar-refractivity contribution in [2.24, 2.45) is 5.92 Å². The standard InChI is InChI=1S/C12H16N2O5/c1-7(2)8(3)19-11-10(14(16)17)6-5-9(13-11)12(15)18-4/h5-8H,1-4H3. The highest BCUT2D eigenvalue weighted by molar-refractivity contribution is 5.87. The number of hydrogen-bond donors (Lipinski definition) is 0. The molecule has 0 aliphatic carbocycles. The summed E-state index contributed by atoms with van der Waals surface area (Å²) >= 11 is 0. The Hall–Kier alpha value is -2.18. The van der Waals surface area contributed by atoms with Crippen LogP contribution in [-0.2, 0) is 4.74 Å². The second-order valence-corrected chi connectivity index (χ2v) is 4.34. The second-order valence-electron chi connectivity index (χ2n) is 4.34. The van der Waals surface area contributed by atoms with Crippen molar-refractivity contribution >= 4 is 11.7 Å². The number of ether oxygens (including phenoxy) is 2. The molecule has 7 heteroatoms. The molecule has 1 unspecified atom stereocenters. The Bertz CT molecular complexity index is 487. The number of methoxy groups -OCH3 is 1. The topological polar surface area (TPSA) is 91.6 Å². The number of aromatic nitrogens is 1. The number of esters is 1. The predicted molar refractivity (Wildman–Crippen MR) is 67.2 cm³/mol. The fourth-order valence-corrected chi connectivity index (χ4v) is 1.19. The molecule has 0 radical (unpaired) electrons. The summed E-state index contributed by atoms with van der Waals surface area (Å²) in [4.78, 5) is 25.5. The normalized spacial score (nSPS) is 12.1. The average molecular weight is 268 g/mol. The van der Waals surface area contributed by atoms with Crippen molar-refractivity contribution in [3.63, 3.8) is 0 Å². The van der Waals surface area contributed by atoms with Gasteiger partial charge in [0, 0.05) is 6.07 Å². The maximum absolute atomic E-state index is 11.4. The molecule has 0 bridgehead atoms. The Balaban J connectivity index is 3.15. The van der Waals surface area contributed by atoms with E-state index in [2.05, 4.69) is 9.72 Å². The summed E-state index contributed by atoms with van der Waals surface area (Å²) < 4.78 is 9.96. The smallest absolute Gasteiger partial charge is 0.356 e. The molecule has 1 rings (SSSR count). The van der Waals surface area contributed by atoms with Crippen molar-refractivity contribution in [2.45, 2.75) is 26.9 Å². The van der Waals surface area contributed by atoms with Crippen molar-refractivity contribution in [3.05, 3.63) is 27.9 Å². The molecule has 7 nitrogen and oxygen atoms in total. The summed E-state index contributed by atoms with van der Waals surface area (Å²) in [7, 11) is 1.21. The molecule has 1 aromatic heterocycles. The van der Waals surface area contributed by atoms with Gasteiger partial charge in [-0.3, -0.25) is 10.1 Å². The maximum atomic E-state index is 11.4. The van der Waals surface area contributed by atoms with E-state index in [4.69, 9.17) is 4.74 Å². The first kappa shape index (κ1) is 14.9. The Labute approximate surface area is 110 Å². The monoisotopic (exact) mass is 268 g/mol. The average Bonchev–Trinajstić information content (AvgIpc) is 2.37. The lowest BCUT2D eigenvalue weighted by Crippen LogP contribution is -2.20. The molecule has 1 heterocycles. The zero-order chi connectivity index (χ0) is 14.6. The predicted octanol–water partition coefficient (Wildman–Crippen LogP) is 2.20. The molecule has 104 valence electrons. The van der Waals surface area contributed by atoms with Crippen LogP contribution >= 0.6 is 0 Å². The van der Waals surface area contributed by atoms with Crippen LogP contribution in [0.3, 0.4) is 0 Å². The van der Waals surface area contributed by atoms with Crippen LogP contribution < -0.4 is 4.74 Å². The first-order valence-electron chi connectivity index (χ1n) is 5.77.